The molecule has 3 aromatic rings. The molecular weight excluding hydrogens is 286 g/mol. The van der Waals surface area contributed by atoms with Crippen molar-refractivity contribution < 1.29 is 0 Å². The number of fused-ring (bicyclic) bond motifs is 3. The maximum Gasteiger partial charge on any atom is 0.212 e. The summed E-state index contributed by atoms with van der Waals surface area (Å²) in [5.41, 5.74) is 12.9. The van der Waals surface area contributed by atoms with E-state index >= 15 is 0 Å². The first-order chi connectivity index (χ1) is 11.0. The van der Waals surface area contributed by atoms with Crippen LogP contribution in [-0.4, -0.2) is 15.5 Å². The molecule has 2 heterocycles. The molecule has 0 spiro atoms. The Morgan fingerprint density at radius 2 is 1.78 bits per heavy atom. The second kappa shape index (κ2) is 4.84. The maximum atomic E-state index is 6.00. The monoisotopic (exact) mass is 305 g/mol. The summed E-state index contributed by atoms with van der Waals surface area (Å²) in [5, 5.41) is 3.07. The number of guanidine groups is 1. The van der Waals surface area contributed by atoms with E-state index in [4.69, 9.17) is 5.73 Å². The van der Waals surface area contributed by atoms with Crippen LogP contribution in [0.1, 0.15) is 28.4 Å². The summed E-state index contributed by atoms with van der Waals surface area (Å²) < 4.78 is 2.11. The van der Waals surface area contributed by atoms with Crippen LogP contribution in [0.25, 0.3) is 11.0 Å². The van der Waals surface area contributed by atoms with Gasteiger partial charge in [0.15, 0.2) is 12.1 Å². The number of aromatic nitrogens is 2. The highest BCUT2D eigenvalue weighted by atomic mass is 15.4. The van der Waals surface area contributed by atoms with Crippen molar-refractivity contribution >= 4 is 22.9 Å². The lowest BCUT2D eigenvalue weighted by molar-refractivity contribution is 0.622. The molecule has 0 bridgehead atoms. The third-order valence-electron chi connectivity index (χ3n) is 4.50. The summed E-state index contributed by atoms with van der Waals surface area (Å²) >= 11 is 0. The van der Waals surface area contributed by atoms with Crippen LogP contribution in [0.5, 0.6) is 0 Å². The minimum Gasteiger partial charge on any atom is -0.370 e. The Bertz CT molecular complexity index is 951. The van der Waals surface area contributed by atoms with E-state index in [0.717, 1.165) is 22.5 Å². The minimum atomic E-state index is -0.196. The molecule has 3 N–H and O–H groups in total. The Hall–Kier alpha value is -2.82. The first-order valence-corrected chi connectivity index (χ1v) is 7.69. The third kappa shape index (κ3) is 2.08. The number of anilines is 1. The van der Waals surface area contributed by atoms with Gasteiger partial charge in [-0.15, -0.1) is 0 Å². The number of hydrogen-bond donors (Lipinski definition) is 2. The standard InChI is InChI=1S/C18H19N5/c1-10-8-12(3)13(9-11(10)2)16-21-17(19)22-18-20-14-6-4-5-7-15(14)23(16)18/h4-9,16H,1-3H3,(H3,19,20,21,22)/t16-/m0/s1. The third-order valence-corrected chi connectivity index (χ3v) is 4.50. The van der Waals surface area contributed by atoms with E-state index in [1.54, 1.807) is 0 Å². The normalized spacial score (nSPS) is 16.8. The number of hydrogen-bond acceptors (Lipinski definition) is 4. The highest BCUT2D eigenvalue weighted by Gasteiger charge is 2.26. The van der Waals surface area contributed by atoms with E-state index in [1.165, 1.54) is 16.7 Å². The van der Waals surface area contributed by atoms with E-state index in [0.29, 0.717) is 5.96 Å². The number of aliphatic imine (C=N–C) groups is 1. The van der Waals surface area contributed by atoms with Crippen LogP contribution in [0.3, 0.4) is 0 Å². The van der Waals surface area contributed by atoms with Gasteiger partial charge in [-0.25, -0.2) is 9.98 Å². The molecule has 1 aliphatic heterocycles. The van der Waals surface area contributed by atoms with Crippen molar-refractivity contribution in [2.45, 2.75) is 26.9 Å². The van der Waals surface area contributed by atoms with Crippen LogP contribution in [-0.2, 0) is 0 Å². The molecule has 0 amide bonds. The number of nitrogens with one attached hydrogen (secondary N) is 1. The van der Waals surface area contributed by atoms with Gasteiger partial charge in [0.1, 0.15) is 0 Å². The molecule has 5 nitrogen and oxygen atoms in total. The van der Waals surface area contributed by atoms with Crippen LogP contribution >= 0.6 is 0 Å². The summed E-state index contributed by atoms with van der Waals surface area (Å²) in [6, 6.07) is 12.5. The van der Waals surface area contributed by atoms with Crippen LogP contribution < -0.4 is 11.1 Å². The zero-order valence-corrected chi connectivity index (χ0v) is 13.5. The molecule has 2 aromatic carbocycles. The lowest BCUT2D eigenvalue weighted by atomic mass is 9.98. The van der Waals surface area contributed by atoms with Crippen LogP contribution in [0.2, 0.25) is 0 Å². The van der Waals surface area contributed by atoms with Crippen molar-refractivity contribution in [2.75, 3.05) is 5.32 Å². The first kappa shape index (κ1) is 13.8. The zero-order valence-electron chi connectivity index (χ0n) is 13.5. The van der Waals surface area contributed by atoms with Gasteiger partial charge in [-0.3, -0.25) is 9.88 Å². The van der Waals surface area contributed by atoms with Gasteiger partial charge in [0.05, 0.1) is 11.0 Å². The average molecular weight is 305 g/mol. The molecule has 23 heavy (non-hydrogen) atoms. The molecule has 0 saturated carbocycles. The van der Waals surface area contributed by atoms with Gasteiger partial charge in [0.25, 0.3) is 0 Å². The summed E-state index contributed by atoms with van der Waals surface area (Å²) in [6.45, 7) is 6.37. The fourth-order valence-corrected chi connectivity index (χ4v) is 3.19. The van der Waals surface area contributed by atoms with Crippen LogP contribution in [0.4, 0.5) is 5.95 Å². The van der Waals surface area contributed by atoms with Gasteiger partial charge in [0, 0.05) is 5.56 Å². The average Bonchev–Trinajstić information content (AvgIpc) is 2.88. The Morgan fingerprint density at radius 1 is 1.04 bits per heavy atom. The van der Waals surface area contributed by atoms with Crippen molar-refractivity contribution in [3.05, 3.63) is 58.7 Å². The molecular formula is C18H19N5. The lowest BCUT2D eigenvalue weighted by Gasteiger charge is -2.25. The Labute approximate surface area is 134 Å². The fourth-order valence-electron chi connectivity index (χ4n) is 3.19. The van der Waals surface area contributed by atoms with Gasteiger partial charge >= 0.3 is 0 Å². The summed E-state index contributed by atoms with van der Waals surface area (Å²) in [5.74, 6) is 1.14. The summed E-state index contributed by atoms with van der Waals surface area (Å²) in [4.78, 5) is 9.29. The Balaban J connectivity index is 1.99. The largest absolute Gasteiger partial charge is 0.370 e. The maximum absolute atomic E-state index is 6.00. The SMILES string of the molecule is Cc1cc(C)c([C@H]2N=C(N)Nc3nc4ccccc4n32)cc1C. The number of nitrogens with zero attached hydrogens (tertiary/aromatic N) is 3. The molecule has 0 radical (unpaired) electrons. The Morgan fingerprint density at radius 3 is 2.61 bits per heavy atom. The van der Waals surface area contributed by atoms with E-state index < -0.39 is 0 Å². The molecule has 0 unspecified atom stereocenters. The molecule has 1 aliphatic rings. The van der Waals surface area contributed by atoms with E-state index in [2.05, 4.69) is 58.8 Å². The smallest absolute Gasteiger partial charge is 0.212 e. The van der Waals surface area contributed by atoms with Crippen molar-refractivity contribution in [3.8, 4) is 0 Å². The second-order valence-electron chi connectivity index (χ2n) is 6.10. The molecule has 4 rings (SSSR count). The molecule has 1 atom stereocenters. The number of rotatable bonds is 1. The van der Waals surface area contributed by atoms with Gasteiger partial charge in [-0.2, -0.15) is 0 Å². The predicted molar refractivity (Wildman–Crippen MR) is 93.8 cm³/mol. The molecule has 116 valence electrons. The second-order valence-corrected chi connectivity index (χ2v) is 6.10. The fraction of sp³-hybridized carbons (Fsp3) is 0.222. The quantitative estimate of drug-likeness (QED) is 0.725. The van der Waals surface area contributed by atoms with Crippen LogP contribution in [0, 0.1) is 20.8 Å². The lowest BCUT2D eigenvalue weighted by Crippen LogP contribution is -2.31. The van der Waals surface area contributed by atoms with Crippen molar-refractivity contribution in [2.24, 2.45) is 10.7 Å². The molecule has 0 aliphatic carbocycles. The number of para-hydroxylation sites is 2. The van der Waals surface area contributed by atoms with Crippen molar-refractivity contribution in [1.82, 2.24) is 9.55 Å². The molecule has 1 aromatic heterocycles. The topological polar surface area (TPSA) is 68.2 Å². The van der Waals surface area contributed by atoms with Crippen molar-refractivity contribution in [1.29, 1.82) is 0 Å². The number of benzene rings is 2. The summed E-state index contributed by atoms with van der Waals surface area (Å²) in [6.07, 6.45) is -0.196. The highest BCUT2D eigenvalue weighted by Crippen LogP contribution is 2.34. The van der Waals surface area contributed by atoms with E-state index in [-0.39, 0.29) is 6.17 Å². The van der Waals surface area contributed by atoms with Gasteiger partial charge < -0.3 is 5.73 Å². The number of aryl methyl sites for hydroxylation is 3. The molecule has 0 fully saturated rings. The Kier molecular flexibility index (Phi) is 2.91. The van der Waals surface area contributed by atoms with Crippen LogP contribution in [0.15, 0.2) is 41.4 Å². The molecule has 0 saturated heterocycles. The summed E-state index contributed by atoms with van der Waals surface area (Å²) in [7, 11) is 0. The van der Waals surface area contributed by atoms with Gasteiger partial charge in [-0.05, 0) is 49.6 Å². The molecule has 5 heteroatoms. The van der Waals surface area contributed by atoms with Crippen molar-refractivity contribution in [3.63, 3.8) is 0 Å². The van der Waals surface area contributed by atoms with Gasteiger partial charge in [-0.1, -0.05) is 24.3 Å². The number of nitrogens with two attached hydrogens (primary N) is 1. The van der Waals surface area contributed by atoms with E-state index in [9.17, 15) is 0 Å². The zero-order chi connectivity index (χ0) is 16.1. The number of imidazole rings is 1. The highest BCUT2D eigenvalue weighted by molar-refractivity contribution is 5.94. The van der Waals surface area contributed by atoms with E-state index in [1.807, 2.05) is 18.2 Å². The minimum absolute atomic E-state index is 0.196. The first-order valence-electron chi connectivity index (χ1n) is 7.69. The van der Waals surface area contributed by atoms with Gasteiger partial charge in [0.2, 0.25) is 5.95 Å². The predicted octanol–water partition coefficient (Wildman–Crippen LogP) is 3.25.